The average molecular weight is 317 g/mol. The van der Waals surface area contributed by atoms with Gasteiger partial charge in [-0.15, -0.1) is 0 Å². The minimum absolute atomic E-state index is 0.0896. The number of benzene rings is 1. The van der Waals surface area contributed by atoms with Crippen LogP contribution in [-0.4, -0.2) is 24.2 Å². The van der Waals surface area contributed by atoms with Crippen molar-refractivity contribution in [1.82, 2.24) is 5.32 Å². The Labute approximate surface area is 115 Å². The molecule has 0 saturated heterocycles. The highest BCUT2D eigenvalue weighted by molar-refractivity contribution is 9.10. The van der Waals surface area contributed by atoms with E-state index in [0.717, 1.165) is 5.56 Å². The van der Waals surface area contributed by atoms with Gasteiger partial charge in [-0.25, -0.2) is 0 Å². The van der Waals surface area contributed by atoms with Gasteiger partial charge in [0, 0.05) is 25.3 Å². The average Bonchev–Trinajstić information content (AvgIpc) is 2.35. The van der Waals surface area contributed by atoms with Gasteiger partial charge in [0.15, 0.2) is 0 Å². The summed E-state index contributed by atoms with van der Waals surface area (Å²) >= 11 is 3.16. The number of hydrogen-bond acceptors (Lipinski definition) is 4. The molecule has 1 aromatic carbocycles. The first-order chi connectivity index (χ1) is 8.54. The Morgan fingerprint density at radius 2 is 2.28 bits per heavy atom. The lowest BCUT2D eigenvalue weighted by Gasteiger charge is -2.13. The Balaban J connectivity index is 2.57. The molecule has 1 N–H and O–H groups in total. The standard InChI is InChI=1S/C12H17BrN2O3/c1-3-18-8-9(2)14-7-10-4-5-11(13)12(6-10)15(16)17/h4-6,9,14H,3,7-8H2,1-2H3. The molecular formula is C12H17BrN2O3. The van der Waals surface area contributed by atoms with Crippen LogP contribution >= 0.6 is 15.9 Å². The number of nitrogens with zero attached hydrogens (tertiary/aromatic N) is 1. The number of nitro benzene ring substituents is 1. The molecule has 1 atom stereocenters. The normalized spacial score (nSPS) is 12.4. The molecule has 0 aliphatic heterocycles. The van der Waals surface area contributed by atoms with Crippen LogP contribution in [0.15, 0.2) is 22.7 Å². The van der Waals surface area contributed by atoms with Gasteiger partial charge in [-0.3, -0.25) is 10.1 Å². The lowest BCUT2D eigenvalue weighted by molar-refractivity contribution is -0.385. The third-order valence-electron chi connectivity index (χ3n) is 2.43. The molecule has 18 heavy (non-hydrogen) atoms. The third kappa shape index (κ3) is 4.72. The summed E-state index contributed by atoms with van der Waals surface area (Å²) in [5.41, 5.74) is 0.972. The van der Waals surface area contributed by atoms with Crippen molar-refractivity contribution < 1.29 is 9.66 Å². The van der Waals surface area contributed by atoms with Crippen LogP contribution in [0.2, 0.25) is 0 Å². The van der Waals surface area contributed by atoms with Crippen molar-refractivity contribution in [2.24, 2.45) is 0 Å². The highest BCUT2D eigenvalue weighted by atomic mass is 79.9. The number of rotatable bonds is 7. The lowest BCUT2D eigenvalue weighted by atomic mass is 10.2. The van der Waals surface area contributed by atoms with E-state index in [0.29, 0.717) is 24.2 Å². The molecule has 1 unspecified atom stereocenters. The van der Waals surface area contributed by atoms with Crippen molar-refractivity contribution in [2.45, 2.75) is 26.4 Å². The van der Waals surface area contributed by atoms with Crippen LogP contribution in [0.25, 0.3) is 0 Å². The molecule has 0 aromatic heterocycles. The fraction of sp³-hybridized carbons (Fsp3) is 0.500. The minimum atomic E-state index is -0.392. The summed E-state index contributed by atoms with van der Waals surface area (Å²) in [6, 6.07) is 5.34. The fourth-order valence-corrected chi connectivity index (χ4v) is 1.85. The first kappa shape index (κ1) is 15.1. The van der Waals surface area contributed by atoms with Crippen LogP contribution in [0.1, 0.15) is 19.4 Å². The molecule has 1 rings (SSSR count). The minimum Gasteiger partial charge on any atom is -0.380 e. The summed E-state index contributed by atoms with van der Waals surface area (Å²) < 4.78 is 5.79. The highest BCUT2D eigenvalue weighted by Crippen LogP contribution is 2.25. The van der Waals surface area contributed by atoms with E-state index in [2.05, 4.69) is 21.2 Å². The maximum atomic E-state index is 10.8. The lowest BCUT2D eigenvalue weighted by Crippen LogP contribution is -2.30. The second-order valence-corrected chi connectivity index (χ2v) is 4.84. The largest absolute Gasteiger partial charge is 0.380 e. The maximum absolute atomic E-state index is 10.8. The topological polar surface area (TPSA) is 64.4 Å². The van der Waals surface area contributed by atoms with E-state index < -0.39 is 4.92 Å². The third-order valence-corrected chi connectivity index (χ3v) is 3.10. The van der Waals surface area contributed by atoms with E-state index in [1.807, 2.05) is 19.9 Å². The number of nitrogens with one attached hydrogen (secondary N) is 1. The Hall–Kier alpha value is -0.980. The van der Waals surface area contributed by atoms with Gasteiger partial charge < -0.3 is 10.1 Å². The number of nitro groups is 1. The summed E-state index contributed by atoms with van der Waals surface area (Å²) in [6.07, 6.45) is 0. The van der Waals surface area contributed by atoms with Crippen LogP contribution in [0, 0.1) is 10.1 Å². The molecule has 0 amide bonds. The number of hydrogen-bond donors (Lipinski definition) is 1. The van der Waals surface area contributed by atoms with E-state index in [1.165, 1.54) is 0 Å². The molecule has 100 valence electrons. The second kappa shape index (κ2) is 7.45. The molecular weight excluding hydrogens is 300 g/mol. The predicted molar refractivity (Wildman–Crippen MR) is 73.6 cm³/mol. The van der Waals surface area contributed by atoms with Gasteiger partial charge >= 0.3 is 0 Å². The summed E-state index contributed by atoms with van der Waals surface area (Å²) in [6.45, 7) is 5.88. The van der Waals surface area contributed by atoms with Crippen molar-refractivity contribution >= 4 is 21.6 Å². The Morgan fingerprint density at radius 1 is 1.56 bits per heavy atom. The molecule has 0 spiro atoms. The molecule has 0 aliphatic carbocycles. The second-order valence-electron chi connectivity index (χ2n) is 3.98. The zero-order valence-corrected chi connectivity index (χ0v) is 12.1. The Morgan fingerprint density at radius 3 is 2.89 bits per heavy atom. The van der Waals surface area contributed by atoms with Crippen LogP contribution < -0.4 is 5.32 Å². The highest BCUT2D eigenvalue weighted by Gasteiger charge is 2.12. The number of ether oxygens (including phenoxy) is 1. The molecule has 6 heteroatoms. The summed E-state index contributed by atoms with van der Waals surface area (Å²) in [5.74, 6) is 0. The van der Waals surface area contributed by atoms with Crippen LogP contribution in [-0.2, 0) is 11.3 Å². The smallest absolute Gasteiger partial charge is 0.283 e. The molecule has 5 nitrogen and oxygen atoms in total. The zero-order valence-electron chi connectivity index (χ0n) is 10.5. The maximum Gasteiger partial charge on any atom is 0.283 e. The van der Waals surface area contributed by atoms with Crippen molar-refractivity contribution in [3.8, 4) is 0 Å². The first-order valence-electron chi connectivity index (χ1n) is 5.78. The Kier molecular flexibility index (Phi) is 6.24. The predicted octanol–water partition coefficient (Wildman–Crippen LogP) is 2.87. The monoisotopic (exact) mass is 316 g/mol. The van der Waals surface area contributed by atoms with E-state index in [-0.39, 0.29) is 11.7 Å². The van der Waals surface area contributed by atoms with Crippen molar-refractivity contribution in [1.29, 1.82) is 0 Å². The quantitative estimate of drug-likeness (QED) is 0.620. The molecule has 0 fully saturated rings. The molecule has 0 bridgehead atoms. The van der Waals surface area contributed by atoms with Gasteiger partial charge in [0.2, 0.25) is 0 Å². The van der Waals surface area contributed by atoms with Crippen LogP contribution in [0.5, 0.6) is 0 Å². The summed E-state index contributed by atoms with van der Waals surface area (Å²) in [5, 5.41) is 14.0. The van der Waals surface area contributed by atoms with Crippen LogP contribution in [0.4, 0.5) is 5.69 Å². The molecule has 1 aromatic rings. The summed E-state index contributed by atoms with van der Waals surface area (Å²) in [4.78, 5) is 10.4. The van der Waals surface area contributed by atoms with Gasteiger partial charge in [-0.05, 0) is 41.4 Å². The van der Waals surface area contributed by atoms with E-state index in [4.69, 9.17) is 4.74 Å². The van der Waals surface area contributed by atoms with Gasteiger partial charge in [-0.2, -0.15) is 0 Å². The fourth-order valence-electron chi connectivity index (χ4n) is 1.45. The molecule has 0 radical (unpaired) electrons. The zero-order chi connectivity index (χ0) is 13.5. The van der Waals surface area contributed by atoms with Crippen LogP contribution in [0.3, 0.4) is 0 Å². The Bertz CT molecular complexity index is 412. The SMILES string of the molecule is CCOCC(C)NCc1ccc(Br)c([N+](=O)[O-])c1. The van der Waals surface area contributed by atoms with E-state index in [9.17, 15) is 10.1 Å². The van der Waals surface area contributed by atoms with Gasteiger partial charge in [-0.1, -0.05) is 6.07 Å². The van der Waals surface area contributed by atoms with Crippen molar-refractivity contribution in [3.63, 3.8) is 0 Å². The molecule has 0 aliphatic rings. The van der Waals surface area contributed by atoms with E-state index >= 15 is 0 Å². The first-order valence-corrected chi connectivity index (χ1v) is 6.57. The van der Waals surface area contributed by atoms with Crippen molar-refractivity contribution in [2.75, 3.05) is 13.2 Å². The number of halogens is 1. The van der Waals surface area contributed by atoms with Gasteiger partial charge in [0.25, 0.3) is 5.69 Å². The van der Waals surface area contributed by atoms with Gasteiger partial charge in [0.05, 0.1) is 16.0 Å². The van der Waals surface area contributed by atoms with Gasteiger partial charge in [0.1, 0.15) is 0 Å². The summed E-state index contributed by atoms with van der Waals surface area (Å²) in [7, 11) is 0. The van der Waals surface area contributed by atoms with E-state index in [1.54, 1.807) is 12.1 Å². The van der Waals surface area contributed by atoms with Crippen molar-refractivity contribution in [3.05, 3.63) is 38.3 Å². The molecule has 0 heterocycles. The molecule has 0 saturated carbocycles.